The van der Waals surface area contributed by atoms with Crippen LogP contribution in [0.5, 0.6) is 11.5 Å². The molecular weight excluding hydrogens is 362 g/mol. The van der Waals surface area contributed by atoms with Crippen molar-refractivity contribution in [1.82, 2.24) is 5.48 Å². The summed E-state index contributed by atoms with van der Waals surface area (Å²) in [6.45, 7) is 0.460. The molecule has 0 spiro atoms. The molecule has 0 radical (unpaired) electrons. The Hall–Kier alpha value is -3.06. The smallest absolute Gasteiger partial charge is 0.317 e. The van der Waals surface area contributed by atoms with E-state index in [1.54, 1.807) is 36.9 Å². The van der Waals surface area contributed by atoms with Crippen LogP contribution in [0.2, 0.25) is 0 Å². The fourth-order valence-electron chi connectivity index (χ4n) is 3.44. The number of carbonyl (C=O) groups is 2. The summed E-state index contributed by atoms with van der Waals surface area (Å²) in [7, 11) is 2.91. The van der Waals surface area contributed by atoms with E-state index in [9.17, 15) is 9.59 Å². The lowest BCUT2D eigenvalue weighted by Gasteiger charge is -2.16. The fraction of sp³-hybridized carbons (Fsp3) is 0.333. The molecule has 0 aliphatic heterocycles. The molecule has 1 amide bonds. The number of rotatable bonds is 8. The summed E-state index contributed by atoms with van der Waals surface area (Å²) in [5.74, 6) is -0.368. The third kappa shape index (κ3) is 3.80. The van der Waals surface area contributed by atoms with Crippen LogP contribution >= 0.6 is 0 Å². The Morgan fingerprint density at radius 2 is 1.89 bits per heavy atom. The molecule has 2 aromatic carbocycles. The molecular formula is C21H23NO6. The van der Waals surface area contributed by atoms with Gasteiger partial charge in [-0.25, -0.2) is 5.48 Å². The van der Waals surface area contributed by atoms with Gasteiger partial charge in [-0.2, -0.15) is 0 Å². The standard InChI is InChI=1S/C21H23NO6/c1-26-16-8-6-14(7-9-16)10-11-28-17-5-3-4-15(12-17)21(20(24)27-2)13-18(21)19(23)22-25/h3-9,12,18,25H,10-11,13H2,1-2H3,(H,22,23). The zero-order valence-corrected chi connectivity index (χ0v) is 15.8. The zero-order valence-electron chi connectivity index (χ0n) is 15.8. The van der Waals surface area contributed by atoms with Gasteiger partial charge in [0, 0.05) is 6.42 Å². The van der Waals surface area contributed by atoms with E-state index in [-0.39, 0.29) is 6.42 Å². The van der Waals surface area contributed by atoms with Gasteiger partial charge in [-0.3, -0.25) is 14.8 Å². The van der Waals surface area contributed by atoms with Crippen LogP contribution in [0.25, 0.3) is 0 Å². The Morgan fingerprint density at radius 1 is 1.14 bits per heavy atom. The van der Waals surface area contributed by atoms with E-state index < -0.39 is 23.2 Å². The Labute approximate surface area is 163 Å². The maximum absolute atomic E-state index is 12.4. The molecule has 148 valence electrons. The van der Waals surface area contributed by atoms with Gasteiger partial charge >= 0.3 is 5.97 Å². The van der Waals surface area contributed by atoms with E-state index in [1.165, 1.54) is 7.11 Å². The number of ether oxygens (including phenoxy) is 3. The molecule has 0 heterocycles. The fourth-order valence-corrected chi connectivity index (χ4v) is 3.44. The summed E-state index contributed by atoms with van der Waals surface area (Å²) in [5.41, 5.74) is 2.28. The molecule has 7 nitrogen and oxygen atoms in total. The number of carbonyl (C=O) groups excluding carboxylic acids is 2. The first kappa shape index (κ1) is 19.7. The van der Waals surface area contributed by atoms with Crippen LogP contribution in [0.4, 0.5) is 0 Å². The SMILES string of the molecule is COC(=O)C1(c2cccc(OCCc3ccc(OC)cc3)c2)CC1C(=O)NO. The first-order valence-corrected chi connectivity index (χ1v) is 8.93. The third-order valence-electron chi connectivity index (χ3n) is 5.10. The van der Waals surface area contributed by atoms with Crippen LogP contribution in [-0.4, -0.2) is 37.9 Å². The topological polar surface area (TPSA) is 94.1 Å². The highest BCUT2D eigenvalue weighted by Gasteiger charge is 2.65. The molecule has 2 unspecified atom stereocenters. The monoisotopic (exact) mass is 385 g/mol. The van der Waals surface area contributed by atoms with E-state index in [4.69, 9.17) is 19.4 Å². The molecule has 3 rings (SSSR count). The molecule has 2 aromatic rings. The van der Waals surface area contributed by atoms with E-state index in [2.05, 4.69) is 0 Å². The number of hydrogen-bond acceptors (Lipinski definition) is 6. The second-order valence-electron chi connectivity index (χ2n) is 6.67. The number of hydrogen-bond donors (Lipinski definition) is 2. The van der Waals surface area contributed by atoms with Crippen molar-refractivity contribution in [3.8, 4) is 11.5 Å². The van der Waals surface area contributed by atoms with Gasteiger partial charge < -0.3 is 14.2 Å². The van der Waals surface area contributed by atoms with Crippen LogP contribution < -0.4 is 15.0 Å². The number of hydroxylamine groups is 1. The van der Waals surface area contributed by atoms with Crippen molar-refractivity contribution < 1.29 is 29.0 Å². The molecule has 2 atom stereocenters. The molecule has 1 saturated carbocycles. The molecule has 2 N–H and O–H groups in total. The molecule has 1 aliphatic rings. The Morgan fingerprint density at radius 3 is 2.54 bits per heavy atom. The van der Waals surface area contributed by atoms with Crippen LogP contribution in [0.1, 0.15) is 17.5 Å². The first-order valence-electron chi connectivity index (χ1n) is 8.93. The van der Waals surface area contributed by atoms with Crippen molar-refractivity contribution in [2.45, 2.75) is 18.3 Å². The highest BCUT2D eigenvalue weighted by Crippen LogP contribution is 2.55. The van der Waals surface area contributed by atoms with Crippen LogP contribution in [-0.2, 0) is 26.2 Å². The Balaban J connectivity index is 1.69. The van der Waals surface area contributed by atoms with Gasteiger partial charge in [-0.15, -0.1) is 0 Å². The van der Waals surface area contributed by atoms with Crippen molar-refractivity contribution in [2.75, 3.05) is 20.8 Å². The maximum atomic E-state index is 12.4. The van der Waals surface area contributed by atoms with E-state index in [0.29, 0.717) is 24.3 Å². The summed E-state index contributed by atoms with van der Waals surface area (Å²) in [5, 5.41) is 8.91. The lowest BCUT2D eigenvalue weighted by Crippen LogP contribution is -2.31. The second-order valence-corrected chi connectivity index (χ2v) is 6.67. The molecule has 28 heavy (non-hydrogen) atoms. The predicted molar refractivity (Wildman–Crippen MR) is 100 cm³/mol. The van der Waals surface area contributed by atoms with Gasteiger partial charge in [0.05, 0.1) is 26.7 Å². The lowest BCUT2D eigenvalue weighted by molar-refractivity contribution is -0.146. The summed E-state index contributed by atoms with van der Waals surface area (Å²) in [4.78, 5) is 24.2. The molecule has 7 heteroatoms. The van der Waals surface area contributed by atoms with Crippen molar-refractivity contribution in [3.05, 3.63) is 59.7 Å². The zero-order chi connectivity index (χ0) is 20.1. The van der Waals surface area contributed by atoms with Crippen LogP contribution in [0.3, 0.4) is 0 Å². The van der Waals surface area contributed by atoms with E-state index in [0.717, 1.165) is 11.3 Å². The van der Waals surface area contributed by atoms with Gasteiger partial charge in [0.2, 0.25) is 5.91 Å². The molecule has 0 saturated heterocycles. The second kappa shape index (κ2) is 8.31. The Kier molecular flexibility index (Phi) is 5.84. The highest BCUT2D eigenvalue weighted by atomic mass is 16.5. The molecule has 0 bridgehead atoms. The quantitative estimate of drug-likeness (QED) is 0.411. The van der Waals surface area contributed by atoms with Gasteiger partial charge in [-0.1, -0.05) is 24.3 Å². The molecule has 1 fully saturated rings. The largest absolute Gasteiger partial charge is 0.497 e. The minimum atomic E-state index is -1.09. The van der Waals surface area contributed by atoms with Gasteiger partial charge in [0.1, 0.15) is 16.9 Å². The van der Waals surface area contributed by atoms with E-state index >= 15 is 0 Å². The minimum absolute atomic E-state index is 0.279. The number of benzene rings is 2. The summed E-state index contributed by atoms with van der Waals surface area (Å²) >= 11 is 0. The number of methoxy groups -OCH3 is 2. The summed E-state index contributed by atoms with van der Waals surface area (Å²) in [6, 6.07) is 14.8. The minimum Gasteiger partial charge on any atom is -0.497 e. The summed E-state index contributed by atoms with van der Waals surface area (Å²) < 4.78 is 15.9. The van der Waals surface area contributed by atoms with Gasteiger partial charge in [0.15, 0.2) is 0 Å². The van der Waals surface area contributed by atoms with Crippen LogP contribution in [0, 0.1) is 5.92 Å². The highest BCUT2D eigenvalue weighted by molar-refractivity contribution is 5.97. The first-order chi connectivity index (χ1) is 13.5. The van der Waals surface area contributed by atoms with Gasteiger partial charge in [-0.05, 0) is 41.8 Å². The number of amides is 1. The number of esters is 1. The van der Waals surface area contributed by atoms with Gasteiger partial charge in [0.25, 0.3) is 0 Å². The Bertz CT molecular complexity index is 850. The van der Waals surface area contributed by atoms with E-state index in [1.807, 2.05) is 24.3 Å². The maximum Gasteiger partial charge on any atom is 0.317 e. The summed E-state index contributed by atoms with van der Waals surface area (Å²) in [6.07, 6.45) is 0.993. The van der Waals surface area contributed by atoms with Crippen molar-refractivity contribution in [3.63, 3.8) is 0 Å². The third-order valence-corrected chi connectivity index (χ3v) is 5.10. The normalized spacial score (nSPS) is 20.2. The average Bonchev–Trinajstić information content (AvgIpc) is 3.50. The van der Waals surface area contributed by atoms with Crippen LogP contribution in [0.15, 0.2) is 48.5 Å². The molecule has 1 aliphatic carbocycles. The predicted octanol–water partition coefficient (Wildman–Crippen LogP) is 2.25. The van der Waals surface area contributed by atoms with Crippen molar-refractivity contribution in [1.29, 1.82) is 0 Å². The van der Waals surface area contributed by atoms with Crippen molar-refractivity contribution in [2.24, 2.45) is 5.92 Å². The molecule has 0 aromatic heterocycles. The average molecular weight is 385 g/mol. The number of nitrogens with one attached hydrogen (secondary N) is 1. The van der Waals surface area contributed by atoms with Crippen molar-refractivity contribution >= 4 is 11.9 Å². The lowest BCUT2D eigenvalue weighted by atomic mass is 9.92.